The second-order valence-corrected chi connectivity index (χ2v) is 9.49. The van der Waals surface area contributed by atoms with Crippen LogP contribution >= 0.6 is 0 Å². The van der Waals surface area contributed by atoms with Crippen molar-refractivity contribution in [1.82, 2.24) is 15.3 Å². The smallest absolute Gasteiger partial charge is 0.339 e. The second kappa shape index (κ2) is 8.31. The fourth-order valence-electron chi connectivity index (χ4n) is 5.96. The van der Waals surface area contributed by atoms with Crippen LogP contribution in [0, 0.1) is 5.92 Å². The van der Waals surface area contributed by atoms with E-state index in [4.69, 9.17) is 4.74 Å². The highest BCUT2D eigenvalue weighted by Crippen LogP contribution is 2.48. The molecule has 6 heteroatoms. The van der Waals surface area contributed by atoms with Crippen LogP contribution < -0.4 is 5.43 Å². The van der Waals surface area contributed by atoms with E-state index in [2.05, 4.69) is 15.3 Å². The van der Waals surface area contributed by atoms with Crippen molar-refractivity contribution in [2.24, 2.45) is 5.92 Å². The summed E-state index contributed by atoms with van der Waals surface area (Å²) in [6.07, 6.45) is 9.76. The number of amides is 1. The predicted octanol–water partition coefficient (Wildman–Crippen LogP) is 3.22. The van der Waals surface area contributed by atoms with Gasteiger partial charge in [-0.3, -0.25) is 15.1 Å². The summed E-state index contributed by atoms with van der Waals surface area (Å²) in [5.74, 6) is -0.0867. The van der Waals surface area contributed by atoms with E-state index in [9.17, 15) is 9.59 Å². The standard InChI is InChI=1S/C24H33N3O3/c28-22(25-27-16-14-26(15-17-27)19-6-2-1-3-7-19)18-10-12-24(13-11-18)21-9-5-4-8-20(21)23(29)30-24/h4-5,8-9,18-19H,1-3,6-7,10-17H2,(H,25,28). The van der Waals surface area contributed by atoms with Crippen molar-refractivity contribution in [1.29, 1.82) is 0 Å². The molecule has 0 radical (unpaired) electrons. The molecular formula is C24H33N3O3. The van der Waals surface area contributed by atoms with Crippen LogP contribution in [0.4, 0.5) is 0 Å². The summed E-state index contributed by atoms with van der Waals surface area (Å²) in [6.45, 7) is 3.91. The Labute approximate surface area is 178 Å². The predicted molar refractivity (Wildman–Crippen MR) is 114 cm³/mol. The van der Waals surface area contributed by atoms with Crippen LogP contribution in [0.5, 0.6) is 0 Å². The van der Waals surface area contributed by atoms with Crippen LogP contribution in [0.25, 0.3) is 0 Å². The van der Waals surface area contributed by atoms with Crippen molar-refractivity contribution in [3.05, 3.63) is 35.4 Å². The van der Waals surface area contributed by atoms with Gasteiger partial charge in [-0.1, -0.05) is 37.5 Å². The minimum absolute atomic E-state index is 0.00142. The highest BCUT2D eigenvalue weighted by atomic mass is 16.6. The van der Waals surface area contributed by atoms with E-state index in [1.54, 1.807) is 0 Å². The largest absolute Gasteiger partial charge is 0.451 e. The maximum absolute atomic E-state index is 12.9. The second-order valence-electron chi connectivity index (χ2n) is 9.49. The number of hydrazine groups is 1. The summed E-state index contributed by atoms with van der Waals surface area (Å²) < 4.78 is 5.82. The van der Waals surface area contributed by atoms with Crippen LogP contribution in [-0.4, -0.2) is 54.0 Å². The Morgan fingerprint density at radius 1 is 0.967 bits per heavy atom. The average Bonchev–Trinajstić information content (AvgIpc) is 3.07. The molecule has 0 aromatic heterocycles. The average molecular weight is 412 g/mol. The number of piperazine rings is 1. The van der Waals surface area contributed by atoms with Crippen molar-refractivity contribution in [2.45, 2.75) is 69.4 Å². The molecule has 162 valence electrons. The lowest BCUT2D eigenvalue weighted by molar-refractivity contribution is -0.134. The molecule has 3 fully saturated rings. The summed E-state index contributed by atoms with van der Waals surface area (Å²) in [4.78, 5) is 27.8. The number of nitrogens with zero attached hydrogens (tertiary/aromatic N) is 2. The summed E-state index contributed by atoms with van der Waals surface area (Å²) in [6, 6.07) is 8.45. The molecule has 2 saturated carbocycles. The van der Waals surface area contributed by atoms with E-state index < -0.39 is 5.60 Å². The number of nitrogens with one attached hydrogen (secondary N) is 1. The highest BCUT2D eigenvalue weighted by Gasteiger charge is 2.48. The van der Waals surface area contributed by atoms with Crippen LogP contribution in [0.1, 0.15) is 73.7 Å². The molecule has 30 heavy (non-hydrogen) atoms. The van der Waals surface area contributed by atoms with Crippen LogP contribution in [-0.2, 0) is 15.1 Å². The molecule has 0 bridgehead atoms. The summed E-state index contributed by atoms with van der Waals surface area (Å²) in [7, 11) is 0. The Balaban J connectivity index is 1.12. The maximum Gasteiger partial charge on any atom is 0.339 e. The van der Waals surface area contributed by atoms with Crippen molar-refractivity contribution < 1.29 is 14.3 Å². The number of ether oxygens (including phenoxy) is 1. The number of carbonyl (C=O) groups excluding carboxylic acids is 2. The summed E-state index contributed by atoms with van der Waals surface area (Å²) in [5, 5.41) is 2.11. The van der Waals surface area contributed by atoms with Gasteiger partial charge in [0.25, 0.3) is 0 Å². The highest BCUT2D eigenvalue weighted by molar-refractivity contribution is 5.94. The number of carbonyl (C=O) groups is 2. The van der Waals surface area contributed by atoms with Gasteiger partial charge in [0.2, 0.25) is 5.91 Å². The van der Waals surface area contributed by atoms with Gasteiger partial charge in [0.1, 0.15) is 5.60 Å². The number of benzene rings is 1. The molecule has 2 heterocycles. The van der Waals surface area contributed by atoms with Crippen molar-refractivity contribution in [3.8, 4) is 0 Å². The molecule has 1 aromatic rings. The van der Waals surface area contributed by atoms with Gasteiger partial charge < -0.3 is 4.74 Å². The van der Waals surface area contributed by atoms with Gasteiger partial charge in [-0.05, 0) is 44.6 Å². The topological polar surface area (TPSA) is 61.9 Å². The zero-order valence-corrected chi connectivity index (χ0v) is 17.8. The molecule has 5 rings (SSSR count). The first-order valence-electron chi connectivity index (χ1n) is 11.8. The first-order valence-corrected chi connectivity index (χ1v) is 11.8. The van der Waals surface area contributed by atoms with E-state index >= 15 is 0 Å². The SMILES string of the molecule is O=C1OC2(CCC(C(=O)NN3CCN(C4CCCCC4)CC3)CC2)c2ccccc21. The number of hydrogen-bond donors (Lipinski definition) is 1. The molecule has 6 nitrogen and oxygen atoms in total. The zero-order valence-electron chi connectivity index (χ0n) is 17.8. The lowest BCUT2D eigenvalue weighted by Gasteiger charge is -2.41. The van der Waals surface area contributed by atoms with Gasteiger partial charge in [-0.15, -0.1) is 0 Å². The zero-order chi connectivity index (χ0) is 20.6. The van der Waals surface area contributed by atoms with Crippen LogP contribution in [0.2, 0.25) is 0 Å². The molecule has 1 N–H and O–H groups in total. The Morgan fingerprint density at radius 3 is 2.40 bits per heavy atom. The minimum atomic E-state index is -0.518. The van der Waals surface area contributed by atoms with Gasteiger partial charge >= 0.3 is 5.97 Å². The van der Waals surface area contributed by atoms with E-state index in [0.717, 1.165) is 63.5 Å². The number of rotatable bonds is 3. The third-order valence-corrected chi connectivity index (χ3v) is 7.76. The van der Waals surface area contributed by atoms with Crippen molar-refractivity contribution in [2.75, 3.05) is 26.2 Å². The normalized spacial score (nSPS) is 30.8. The number of hydrogen-bond acceptors (Lipinski definition) is 5. The Bertz CT molecular complexity index is 789. The molecule has 1 saturated heterocycles. The lowest BCUT2D eigenvalue weighted by atomic mass is 9.75. The molecule has 1 spiro atoms. The Kier molecular flexibility index (Phi) is 5.54. The molecule has 2 aliphatic heterocycles. The number of fused-ring (bicyclic) bond motifs is 2. The number of esters is 1. The fourth-order valence-corrected chi connectivity index (χ4v) is 5.96. The van der Waals surface area contributed by atoms with Gasteiger partial charge in [-0.2, -0.15) is 0 Å². The molecular weight excluding hydrogens is 378 g/mol. The third kappa shape index (κ3) is 3.76. The van der Waals surface area contributed by atoms with Gasteiger partial charge in [0.05, 0.1) is 5.56 Å². The van der Waals surface area contributed by atoms with E-state index in [1.165, 1.54) is 32.1 Å². The molecule has 1 aromatic carbocycles. The molecule has 0 atom stereocenters. The van der Waals surface area contributed by atoms with Crippen molar-refractivity contribution >= 4 is 11.9 Å². The molecule has 2 aliphatic carbocycles. The maximum atomic E-state index is 12.9. The summed E-state index contributed by atoms with van der Waals surface area (Å²) >= 11 is 0. The molecule has 0 unspecified atom stereocenters. The first kappa shape index (κ1) is 20.0. The van der Waals surface area contributed by atoms with Crippen molar-refractivity contribution in [3.63, 3.8) is 0 Å². The fraction of sp³-hybridized carbons (Fsp3) is 0.667. The van der Waals surface area contributed by atoms with Crippen LogP contribution in [0.15, 0.2) is 24.3 Å². The summed E-state index contributed by atoms with van der Waals surface area (Å²) in [5.41, 5.74) is 4.36. The molecule has 1 amide bonds. The Morgan fingerprint density at radius 2 is 1.67 bits per heavy atom. The molecule has 4 aliphatic rings. The van der Waals surface area contributed by atoms with Gasteiger partial charge in [0, 0.05) is 43.7 Å². The van der Waals surface area contributed by atoms with Crippen LogP contribution in [0.3, 0.4) is 0 Å². The Hall–Kier alpha value is -1.92. The first-order chi connectivity index (χ1) is 14.6. The minimum Gasteiger partial charge on any atom is -0.451 e. The van der Waals surface area contributed by atoms with E-state index in [-0.39, 0.29) is 17.8 Å². The van der Waals surface area contributed by atoms with Gasteiger partial charge in [-0.25, -0.2) is 9.80 Å². The lowest BCUT2D eigenvalue weighted by Crippen LogP contribution is -2.57. The monoisotopic (exact) mass is 411 g/mol. The third-order valence-electron chi connectivity index (χ3n) is 7.76. The van der Waals surface area contributed by atoms with E-state index in [1.807, 2.05) is 24.3 Å². The van der Waals surface area contributed by atoms with Gasteiger partial charge in [0.15, 0.2) is 0 Å². The quantitative estimate of drug-likeness (QED) is 0.774. The van der Waals surface area contributed by atoms with E-state index in [0.29, 0.717) is 5.56 Å².